The van der Waals surface area contributed by atoms with Crippen LogP contribution in [0, 0.1) is 0 Å². The van der Waals surface area contributed by atoms with E-state index in [1.54, 1.807) is 0 Å². The molecular formula is C12H24ClNO. The minimum absolute atomic E-state index is 0.148. The normalized spacial score (nSPS) is 12.5. The van der Waals surface area contributed by atoms with Gasteiger partial charge >= 0.3 is 0 Å². The minimum atomic E-state index is 0.148. The molecule has 0 fully saturated rings. The third-order valence-electron chi connectivity index (χ3n) is 2.55. The van der Waals surface area contributed by atoms with Crippen molar-refractivity contribution in [2.24, 2.45) is 0 Å². The summed E-state index contributed by atoms with van der Waals surface area (Å²) < 4.78 is 0. The van der Waals surface area contributed by atoms with E-state index in [9.17, 15) is 4.79 Å². The number of halogens is 1. The molecule has 0 rings (SSSR count). The summed E-state index contributed by atoms with van der Waals surface area (Å²) in [7, 11) is 0. The van der Waals surface area contributed by atoms with Crippen LogP contribution in [0.1, 0.15) is 58.8 Å². The van der Waals surface area contributed by atoms with Crippen LogP contribution in [-0.2, 0) is 4.79 Å². The topological polar surface area (TPSA) is 29.1 Å². The van der Waals surface area contributed by atoms with E-state index in [1.807, 2.05) is 6.92 Å². The Morgan fingerprint density at radius 2 is 1.87 bits per heavy atom. The molecule has 0 bridgehead atoms. The summed E-state index contributed by atoms with van der Waals surface area (Å²) in [5.41, 5.74) is 0. The first-order valence-electron chi connectivity index (χ1n) is 6.09. The van der Waals surface area contributed by atoms with Crippen LogP contribution in [-0.4, -0.2) is 17.8 Å². The van der Waals surface area contributed by atoms with Crippen LogP contribution in [0.25, 0.3) is 0 Å². The SMILES string of the molecule is CCCCCCCC(=O)NC(CC)CCl. The largest absolute Gasteiger partial charge is 0.352 e. The smallest absolute Gasteiger partial charge is 0.220 e. The van der Waals surface area contributed by atoms with Gasteiger partial charge in [0.25, 0.3) is 0 Å². The molecule has 2 nitrogen and oxygen atoms in total. The standard InChI is InChI=1S/C12H24ClNO/c1-3-5-6-7-8-9-12(15)14-11(4-2)10-13/h11H,3-10H2,1-2H3,(H,14,15). The first-order valence-corrected chi connectivity index (χ1v) is 6.63. The van der Waals surface area contributed by atoms with E-state index in [0.29, 0.717) is 12.3 Å². The van der Waals surface area contributed by atoms with Crippen LogP contribution in [0.15, 0.2) is 0 Å². The Labute approximate surface area is 98.8 Å². The Kier molecular flexibility index (Phi) is 10.1. The molecular weight excluding hydrogens is 210 g/mol. The van der Waals surface area contributed by atoms with Crippen molar-refractivity contribution in [1.29, 1.82) is 0 Å². The summed E-state index contributed by atoms with van der Waals surface area (Å²) in [5, 5.41) is 2.94. The zero-order chi connectivity index (χ0) is 11.5. The third-order valence-corrected chi connectivity index (χ3v) is 2.92. The molecule has 0 aromatic rings. The van der Waals surface area contributed by atoms with Crippen LogP contribution < -0.4 is 5.32 Å². The predicted molar refractivity (Wildman–Crippen MR) is 66.3 cm³/mol. The number of hydrogen-bond donors (Lipinski definition) is 1. The quantitative estimate of drug-likeness (QED) is 0.480. The molecule has 15 heavy (non-hydrogen) atoms. The molecule has 0 aliphatic carbocycles. The average Bonchev–Trinajstić information content (AvgIpc) is 2.25. The molecule has 0 spiro atoms. The van der Waals surface area contributed by atoms with Gasteiger partial charge in [0.05, 0.1) is 0 Å². The highest BCUT2D eigenvalue weighted by atomic mass is 35.5. The Balaban J connectivity index is 3.40. The maximum atomic E-state index is 11.4. The summed E-state index contributed by atoms with van der Waals surface area (Å²) in [6.45, 7) is 4.23. The fourth-order valence-electron chi connectivity index (χ4n) is 1.44. The van der Waals surface area contributed by atoms with Gasteiger partial charge in [-0.15, -0.1) is 11.6 Å². The summed E-state index contributed by atoms with van der Waals surface area (Å²) in [6, 6.07) is 0.148. The highest BCUT2D eigenvalue weighted by Crippen LogP contribution is 2.05. The highest BCUT2D eigenvalue weighted by molar-refractivity contribution is 6.18. The highest BCUT2D eigenvalue weighted by Gasteiger charge is 2.08. The van der Waals surface area contributed by atoms with Crippen LogP contribution in [0.2, 0.25) is 0 Å². The summed E-state index contributed by atoms with van der Waals surface area (Å²) in [6.07, 6.45) is 7.50. The van der Waals surface area contributed by atoms with E-state index in [2.05, 4.69) is 12.2 Å². The summed E-state index contributed by atoms with van der Waals surface area (Å²) in [5.74, 6) is 0.664. The van der Waals surface area contributed by atoms with Crippen molar-refractivity contribution in [2.45, 2.75) is 64.8 Å². The van der Waals surface area contributed by atoms with Crippen LogP contribution in [0.5, 0.6) is 0 Å². The maximum Gasteiger partial charge on any atom is 0.220 e. The van der Waals surface area contributed by atoms with Crippen LogP contribution >= 0.6 is 11.6 Å². The van der Waals surface area contributed by atoms with Gasteiger partial charge in [-0.3, -0.25) is 4.79 Å². The molecule has 0 aliphatic rings. The Bertz CT molecular complexity index is 158. The van der Waals surface area contributed by atoms with E-state index in [0.717, 1.165) is 12.8 Å². The van der Waals surface area contributed by atoms with Gasteiger partial charge in [-0.25, -0.2) is 0 Å². The molecule has 0 aromatic heterocycles. The number of rotatable bonds is 9. The molecule has 0 saturated heterocycles. The molecule has 1 N–H and O–H groups in total. The molecule has 0 radical (unpaired) electrons. The molecule has 1 unspecified atom stereocenters. The number of carbonyl (C=O) groups is 1. The Morgan fingerprint density at radius 1 is 1.20 bits per heavy atom. The van der Waals surface area contributed by atoms with E-state index >= 15 is 0 Å². The average molecular weight is 234 g/mol. The van der Waals surface area contributed by atoms with Gasteiger partial charge in [-0.05, 0) is 12.8 Å². The fraction of sp³-hybridized carbons (Fsp3) is 0.917. The lowest BCUT2D eigenvalue weighted by atomic mass is 10.1. The maximum absolute atomic E-state index is 11.4. The summed E-state index contributed by atoms with van der Waals surface area (Å²) >= 11 is 5.70. The number of carbonyl (C=O) groups excluding carboxylic acids is 1. The van der Waals surface area contributed by atoms with Crippen LogP contribution in [0.4, 0.5) is 0 Å². The second-order valence-electron chi connectivity index (χ2n) is 3.99. The molecule has 0 saturated carbocycles. The second-order valence-corrected chi connectivity index (χ2v) is 4.30. The third kappa shape index (κ3) is 8.73. The molecule has 0 aromatic carbocycles. The monoisotopic (exact) mass is 233 g/mol. The number of nitrogens with one attached hydrogen (secondary N) is 1. The van der Waals surface area contributed by atoms with E-state index in [1.165, 1.54) is 25.7 Å². The number of alkyl halides is 1. The van der Waals surface area contributed by atoms with Gasteiger partial charge in [0.2, 0.25) is 5.91 Å². The zero-order valence-electron chi connectivity index (χ0n) is 10.0. The van der Waals surface area contributed by atoms with Gasteiger partial charge < -0.3 is 5.32 Å². The molecule has 1 amide bonds. The van der Waals surface area contributed by atoms with Crippen molar-refractivity contribution in [2.75, 3.05) is 5.88 Å². The molecule has 1 atom stereocenters. The molecule has 0 heterocycles. The van der Waals surface area contributed by atoms with E-state index < -0.39 is 0 Å². The molecule has 90 valence electrons. The van der Waals surface area contributed by atoms with E-state index in [4.69, 9.17) is 11.6 Å². The van der Waals surface area contributed by atoms with Crippen molar-refractivity contribution in [1.82, 2.24) is 5.32 Å². The number of unbranched alkanes of at least 4 members (excludes halogenated alkanes) is 4. The predicted octanol–water partition coefficient (Wildman–Crippen LogP) is 3.48. The lowest BCUT2D eigenvalue weighted by Gasteiger charge is -2.13. The van der Waals surface area contributed by atoms with Crippen molar-refractivity contribution < 1.29 is 4.79 Å². The van der Waals surface area contributed by atoms with Gasteiger partial charge in [0, 0.05) is 18.3 Å². The van der Waals surface area contributed by atoms with Crippen molar-refractivity contribution in [3.63, 3.8) is 0 Å². The van der Waals surface area contributed by atoms with Gasteiger partial charge in [-0.1, -0.05) is 39.5 Å². The van der Waals surface area contributed by atoms with Gasteiger partial charge in [0.15, 0.2) is 0 Å². The minimum Gasteiger partial charge on any atom is -0.352 e. The zero-order valence-corrected chi connectivity index (χ0v) is 10.8. The molecule has 0 aliphatic heterocycles. The van der Waals surface area contributed by atoms with Gasteiger partial charge in [-0.2, -0.15) is 0 Å². The van der Waals surface area contributed by atoms with Crippen molar-refractivity contribution >= 4 is 17.5 Å². The first kappa shape index (κ1) is 14.8. The lowest BCUT2D eigenvalue weighted by molar-refractivity contribution is -0.121. The summed E-state index contributed by atoms with van der Waals surface area (Å²) in [4.78, 5) is 11.4. The van der Waals surface area contributed by atoms with Crippen molar-refractivity contribution in [3.05, 3.63) is 0 Å². The molecule has 3 heteroatoms. The van der Waals surface area contributed by atoms with Gasteiger partial charge in [0.1, 0.15) is 0 Å². The van der Waals surface area contributed by atoms with Crippen molar-refractivity contribution in [3.8, 4) is 0 Å². The van der Waals surface area contributed by atoms with E-state index in [-0.39, 0.29) is 11.9 Å². The second kappa shape index (κ2) is 10.3. The number of hydrogen-bond acceptors (Lipinski definition) is 1. The Morgan fingerprint density at radius 3 is 2.40 bits per heavy atom. The Hall–Kier alpha value is -0.240. The number of amides is 1. The fourth-order valence-corrected chi connectivity index (χ4v) is 1.73. The first-order chi connectivity index (χ1) is 7.24. The lowest BCUT2D eigenvalue weighted by Crippen LogP contribution is -2.35. The van der Waals surface area contributed by atoms with Crippen LogP contribution in [0.3, 0.4) is 0 Å².